The first kappa shape index (κ1) is 16.4. The van der Waals surface area contributed by atoms with Gasteiger partial charge in [-0.05, 0) is 52.0 Å². The maximum Gasteiger partial charge on any atom is 0.256 e. The Hall–Kier alpha value is -1.95. The van der Waals surface area contributed by atoms with Crippen molar-refractivity contribution in [2.24, 2.45) is 0 Å². The third-order valence-corrected chi connectivity index (χ3v) is 4.03. The number of nitrogens with zero attached hydrogens (tertiary/aromatic N) is 1. The number of aromatic nitrogens is 1. The Morgan fingerprint density at radius 3 is 2.59 bits per heavy atom. The second-order valence-electron chi connectivity index (χ2n) is 4.83. The number of carbonyl (C=O) groups excluding carboxylic acids is 1. The van der Waals surface area contributed by atoms with Gasteiger partial charge >= 0.3 is 0 Å². The first-order valence-electron chi connectivity index (χ1n) is 7.14. The van der Waals surface area contributed by atoms with Crippen molar-refractivity contribution in [3.8, 4) is 5.75 Å². The molecule has 1 aromatic carbocycles. The second-order valence-corrected chi connectivity index (χ2v) is 6.12. The van der Waals surface area contributed by atoms with E-state index in [0.717, 1.165) is 22.9 Å². The SMILES string of the molecule is CCOc1ccc(NC(=O)C(C)Sc2nc(C)c(C)o2)cc1. The fourth-order valence-electron chi connectivity index (χ4n) is 1.74. The molecule has 1 amide bonds. The van der Waals surface area contributed by atoms with Gasteiger partial charge in [-0.25, -0.2) is 4.98 Å². The lowest BCUT2D eigenvalue weighted by Crippen LogP contribution is -2.22. The highest BCUT2D eigenvalue weighted by atomic mass is 32.2. The highest BCUT2D eigenvalue weighted by molar-refractivity contribution is 8.00. The lowest BCUT2D eigenvalue weighted by molar-refractivity contribution is -0.115. The molecule has 0 radical (unpaired) electrons. The Kier molecular flexibility index (Phi) is 5.49. The number of oxazole rings is 1. The number of carbonyl (C=O) groups is 1. The minimum atomic E-state index is -0.302. The second kappa shape index (κ2) is 7.35. The van der Waals surface area contributed by atoms with Gasteiger partial charge in [0, 0.05) is 5.69 Å². The average molecular weight is 320 g/mol. The number of hydrogen-bond acceptors (Lipinski definition) is 5. The van der Waals surface area contributed by atoms with Crippen molar-refractivity contribution in [2.45, 2.75) is 38.2 Å². The summed E-state index contributed by atoms with van der Waals surface area (Å²) < 4.78 is 10.9. The molecule has 1 heterocycles. The Bertz CT molecular complexity index is 618. The number of rotatable bonds is 6. The zero-order valence-electron chi connectivity index (χ0n) is 13.2. The van der Waals surface area contributed by atoms with Crippen LogP contribution in [0.15, 0.2) is 33.9 Å². The van der Waals surface area contributed by atoms with E-state index in [1.807, 2.05) is 52.0 Å². The molecule has 0 saturated heterocycles. The molecule has 0 aliphatic heterocycles. The molecule has 0 bridgehead atoms. The third kappa shape index (κ3) is 4.27. The topological polar surface area (TPSA) is 64.4 Å². The van der Waals surface area contributed by atoms with Crippen LogP contribution >= 0.6 is 11.8 Å². The van der Waals surface area contributed by atoms with Crippen molar-refractivity contribution in [1.29, 1.82) is 0 Å². The summed E-state index contributed by atoms with van der Waals surface area (Å²) in [6.07, 6.45) is 0. The van der Waals surface area contributed by atoms with Gasteiger partial charge in [0.15, 0.2) is 0 Å². The van der Waals surface area contributed by atoms with Crippen molar-refractivity contribution in [1.82, 2.24) is 4.98 Å². The minimum Gasteiger partial charge on any atom is -0.494 e. The normalized spacial score (nSPS) is 12.0. The van der Waals surface area contributed by atoms with Gasteiger partial charge in [-0.3, -0.25) is 4.79 Å². The Balaban J connectivity index is 1.93. The minimum absolute atomic E-state index is 0.0948. The van der Waals surface area contributed by atoms with Crippen LogP contribution in [0.25, 0.3) is 0 Å². The summed E-state index contributed by atoms with van der Waals surface area (Å²) in [6.45, 7) is 8.11. The van der Waals surface area contributed by atoms with E-state index < -0.39 is 0 Å². The smallest absolute Gasteiger partial charge is 0.256 e. The summed E-state index contributed by atoms with van der Waals surface area (Å²) >= 11 is 1.30. The van der Waals surface area contributed by atoms with Crippen LogP contribution in [-0.2, 0) is 4.79 Å². The number of hydrogen-bond donors (Lipinski definition) is 1. The monoisotopic (exact) mass is 320 g/mol. The van der Waals surface area contributed by atoms with E-state index >= 15 is 0 Å². The van der Waals surface area contributed by atoms with Crippen LogP contribution in [0.2, 0.25) is 0 Å². The maximum absolute atomic E-state index is 12.2. The van der Waals surface area contributed by atoms with Crippen molar-refractivity contribution in [3.63, 3.8) is 0 Å². The molecule has 0 saturated carbocycles. The maximum atomic E-state index is 12.2. The Morgan fingerprint density at radius 1 is 1.36 bits per heavy atom. The van der Waals surface area contributed by atoms with Gasteiger partial charge in [-0.15, -0.1) is 0 Å². The van der Waals surface area contributed by atoms with Crippen LogP contribution in [-0.4, -0.2) is 22.7 Å². The number of ether oxygens (including phenoxy) is 1. The zero-order chi connectivity index (χ0) is 16.1. The molecule has 0 aliphatic rings. The third-order valence-electron chi connectivity index (χ3n) is 3.09. The summed E-state index contributed by atoms with van der Waals surface area (Å²) in [7, 11) is 0. The fraction of sp³-hybridized carbons (Fsp3) is 0.375. The van der Waals surface area contributed by atoms with E-state index in [2.05, 4.69) is 10.3 Å². The quantitative estimate of drug-likeness (QED) is 0.820. The first-order chi connectivity index (χ1) is 10.5. The van der Waals surface area contributed by atoms with Crippen molar-refractivity contribution in [3.05, 3.63) is 35.7 Å². The van der Waals surface area contributed by atoms with Crippen molar-refractivity contribution >= 4 is 23.4 Å². The van der Waals surface area contributed by atoms with E-state index in [-0.39, 0.29) is 11.2 Å². The molecule has 22 heavy (non-hydrogen) atoms. The number of anilines is 1. The van der Waals surface area contributed by atoms with Crippen LogP contribution in [0.5, 0.6) is 5.75 Å². The average Bonchev–Trinajstić information content (AvgIpc) is 2.79. The van der Waals surface area contributed by atoms with Gasteiger partial charge in [0.05, 0.1) is 17.6 Å². The fourth-order valence-corrected chi connectivity index (χ4v) is 2.57. The van der Waals surface area contributed by atoms with Crippen molar-refractivity contribution in [2.75, 3.05) is 11.9 Å². The molecule has 2 rings (SSSR count). The largest absolute Gasteiger partial charge is 0.494 e. The van der Waals surface area contributed by atoms with Crippen LogP contribution < -0.4 is 10.1 Å². The van der Waals surface area contributed by atoms with Crippen molar-refractivity contribution < 1.29 is 13.9 Å². The number of aryl methyl sites for hydroxylation is 2. The predicted molar refractivity (Wildman–Crippen MR) is 87.5 cm³/mol. The molecule has 6 heteroatoms. The standard InChI is InChI=1S/C16H20N2O3S/c1-5-20-14-8-6-13(7-9-14)18-15(19)12(4)22-16-17-10(2)11(3)21-16/h6-9,12H,5H2,1-4H3,(H,18,19). The van der Waals surface area contributed by atoms with Crippen LogP contribution in [0, 0.1) is 13.8 Å². The van der Waals surface area contributed by atoms with Crippen LogP contribution in [0.3, 0.4) is 0 Å². The molecule has 1 aromatic heterocycles. The van der Waals surface area contributed by atoms with Crippen LogP contribution in [0.1, 0.15) is 25.3 Å². The van der Waals surface area contributed by atoms with Crippen LogP contribution in [0.4, 0.5) is 5.69 Å². The molecule has 0 fully saturated rings. The van der Waals surface area contributed by atoms with E-state index in [1.165, 1.54) is 11.8 Å². The lowest BCUT2D eigenvalue weighted by Gasteiger charge is -2.10. The zero-order valence-corrected chi connectivity index (χ0v) is 14.0. The number of amides is 1. The van der Waals surface area contributed by atoms with Gasteiger partial charge in [-0.1, -0.05) is 11.8 Å². The highest BCUT2D eigenvalue weighted by Gasteiger charge is 2.18. The lowest BCUT2D eigenvalue weighted by atomic mass is 10.3. The van der Waals surface area contributed by atoms with Gasteiger partial charge in [0.2, 0.25) is 5.91 Å². The van der Waals surface area contributed by atoms with E-state index in [9.17, 15) is 4.79 Å². The summed E-state index contributed by atoms with van der Waals surface area (Å²) in [5.41, 5.74) is 1.59. The van der Waals surface area contributed by atoms with E-state index in [4.69, 9.17) is 9.15 Å². The van der Waals surface area contributed by atoms with E-state index in [0.29, 0.717) is 11.8 Å². The summed E-state index contributed by atoms with van der Waals surface area (Å²) in [4.78, 5) is 16.5. The molecule has 1 N–H and O–H groups in total. The predicted octanol–water partition coefficient (Wildman–Crippen LogP) is 3.81. The molecule has 0 spiro atoms. The number of nitrogens with one attached hydrogen (secondary N) is 1. The number of thioether (sulfide) groups is 1. The van der Waals surface area contributed by atoms with Gasteiger partial charge in [0.1, 0.15) is 11.5 Å². The molecule has 1 unspecified atom stereocenters. The Labute approximate surface area is 134 Å². The molecule has 5 nitrogen and oxygen atoms in total. The van der Waals surface area contributed by atoms with Gasteiger partial charge in [0.25, 0.3) is 5.22 Å². The highest BCUT2D eigenvalue weighted by Crippen LogP contribution is 2.25. The van der Waals surface area contributed by atoms with Gasteiger partial charge < -0.3 is 14.5 Å². The summed E-state index contributed by atoms with van der Waals surface area (Å²) in [5, 5.41) is 3.08. The van der Waals surface area contributed by atoms with E-state index in [1.54, 1.807) is 0 Å². The molecule has 118 valence electrons. The first-order valence-corrected chi connectivity index (χ1v) is 8.02. The summed E-state index contributed by atoms with van der Waals surface area (Å²) in [6, 6.07) is 7.30. The molecular formula is C16H20N2O3S. The molecular weight excluding hydrogens is 300 g/mol. The molecule has 2 aromatic rings. The van der Waals surface area contributed by atoms with Gasteiger partial charge in [-0.2, -0.15) is 0 Å². The Morgan fingerprint density at radius 2 is 2.05 bits per heavy atom. The molecule has 0 aliphatic carbocycles. The molecule has 1 atom stereocenters. The number of benzene rings is 1. The summed E-state index contributed by atoms with van der Waals surface area (Å²) in [5.74, 6) is 1.47.